The molecule has 114 valence electrons. The van der Waals surface area contributed by atoms with Crippen LogP contribution in [-0.4, -0.2) is 24.5 Å². The molecule has 3 rings (SSSR count). The number of fused-ring (bicyclic) bond motifs is 1. The van der Waals surface area contributed by atoms with Crippen molar-refractivity contribution >= 4 is 11.0 Å². The van der Waals surface area contributed by atoms with E-state index in [1.54, 1.807) is 0 Å². The summed E-state index contributed by atoms with van der Waals surface area (Å²) >= 11 is 0. The van der Waals surface area contributed by atoms with Crippen LogP contribution in [0.4, 0.5) is 0 Å². The number of hydrogen-bond acceptors (Lipinski definition) is 3. The van der Waals surface area contributed by atoms with Gasteiger partial charge < -0.3 is 9.73 Å². The molecule has 0 amide bonds. The van der Waals surface area contributed by atoms with Gasteiger partial charge in [-0.1, -0.05) is 32.0 Å². The van der Waals surface area contributed by atoms with Gasteiger partial charge in [0.2, 0.25) is 0 Å². The van der Waals surface area contributed by atoms with E-state index in [4.69, 9.17) is 4.42 Å². The molecule has 1 fully saturated rings. The summed E-state index contributed by atoms with van der Waals surface area (Å²) in [6.45, 7) is 9.83. The number of benzene rings is 1. The minimum absolute atomic E-state index is 0.816. The lowest BCUT2D eigenvalue weighted by atomic mass is 10.1. The minimum atomic E-state index is 0.816. The second-order valence-electron chi connectivity index (χ2n) is 6.31. The molecule has 3 nitrogen and oxygen atoms in total. The summed E-state index contributed by atoms with van der Waals surface area (Å²) in [7, 11) is 0. The Labute approximate surface area is 127 Å². The Morgan fingerprint density at radius 3 is 2.95 bits per heavy atom. The molecule has 21 heavy (non-hydrogen) atoms. The van der Waals surface area contributed by atoms with Gasteiger partial charge >= 0.3 is 0 Å². The van der Waals surface area contributed by atoms with Crippen molar-refractivity contribution in [2.75, 3.05) is 19.6 Å². The lowest BCUT2D eigenvalue weighted by molar-refractivity contribution is 0.291. The maximum atomic E-state index is 6.15. The lowest BCUT2D eigenvalue weighted by Gasteiger charge is -2.14. The molecule has 0 radical (unpaired) electrons. The van der Waals surface area contributed by atoms with Gasteiger partial charge in [-0.15, -0.1) is 0 Å². The van der Waals surface area contributed by atoms with E-state index in [1.807, 2.05) is 0 Å². The van der Waals surface area contributed by atoms with E-state index in [9.17, 15) is 0 Å². The third-order valence-corrected chi connectivity index (χ3v) is 4.39. The summed E-state index contributed by atoms with van der Waals surface area (Å²) in [6, 6.07) is 8.41. The zero-order valence-electron chi connectivity index (χ0n) is 13.2. The van der Waals surface area contributed by atoms with Crippen molar-refractivity contribution in [1.29, 1.82) is 0 Å². The molecule has 1 atom stereocenters. The SMILES string of the molecule is CCCNCc1c(CN2CCC(C)C2)oc2ccccc12. The number of nitrogens with one attached hydrogen (secondary N) is 1. The summed E-state index contributed by atoms with van der Waals surface area (Å²) in [5.41, 5.74) is 2.37. The summed E-state index contributed by atoms with van der Waals surface area (Å²) in [4.78, 5) is 2.52. The van der Waals surface area contributed by atoms with Gasteiger partial charge in [0.05, 0.1) is 6.54 Å². The summed E-state index contributed by atoms with van der Waals surface area (Å²) in [6.07, 6.45) is 2.47. The fraction of sp³-hybridized carbons (Fsp3) is 0.556. The van der Waals surface area contributed by atoms with Crippen molar-refractivity contribution in [1.82, 2.24) is 10.2 Å². The summed E-state index contributed by atoms with van der Waals surface area (Å²) < 4.78 is 6.15. The van der Waals surface area contributed by atoms with Crippen molar-refractivity contribution in [2.45, 2.75) is 39.8 Å². The third kappa shape index (κ3) is 3.30. The average molecular weight is 286 g/mol. The predicted octanol–water partition coefficient (Wildman–Crippen LogP) is 3.77. The lowest BCUT2D eigenvalue weighted by Crippen LogP contribution is -2.21. The molecule has 3 heteroatoms. The van der Waals surface area contributed by atoms with E-state index in [0.717, 1.165) is 43.3 Å². The van der Waals surface area contributed by atoms with Crippen LogP contribution < -0.4 is 5.32 Å². The summed E-state index contributed by atoms with van der Waals surface area (Å²) in [5, 5.41) is 4.79. The highest BCUT2D eigenvalue weighted by Gasteiger charge is 2.22. The van der Waals surface area contributed by atoms with Crippen LogP contribution in [0.15, 0.2) is 28.7 Å². The van der Waals surface area contributed by atoms with Crippen LogP contribution in [0, 0.1) is 5.92 Å². The van der Waals surface area contributed by atoms with Gasteiger partial charge in [0, 0.05) is 24.0 Å². The number of hydrogen-bond donors (Lipinski definition) is 1. The first kappa shape index (κ1) is 14.6. The number of nitrogens with zero attached hydrogens (tertiary/aromatic N) is 1. The Kier molecular flexibility index (Phi) is 4.61. The first-order chi connectivity index (χ1) is 10.3. The van der Waals surface area contributed by atoms with Crippen LogP contribution in [0.2, 0.25) is 0 Å². The normalized spacial score (nSPS) is 19.6. The van der Waals surface area contributed by atoms with Crippen LogP contribution in [0.3, 0.4) is 0 Å². The van der Waals surface area contributed by atoms with Crippen LogP contribution in [-0.2, 0) is 13.1 Å². The number of likely N-dealkylation sites (tertiary alicyclic amines) is 1. The van der Waals surface area contributed by atoms with E-state index < -0.39 is 0 Å². The Morgan fingerprint density at radius 2 is 2.19 bits per heavy atom. The Balaban J connectivity index is 1.83. The van der Waals surface area contributed by atoms with Crippen molar-refractivity contribution in [3.8, 4) is 0 Å². The zero-order chi connectivity index (χ0) is 14.7. The number of furan rings is 1. The first-order valence-electron chi connectivity index (χ1n) is 8.20. The highest BCUT2D eigenvalue weighted by atomic mass is 16.3. The average Bonchev–Trinajstić information content (AvgIpc) is 3.04. The molecule has 0 spiro atoms. The molecule has 1 unspecified atom stereocenters. The highest BCUT2D eigenvalue weighted by Crippen LogP contribution is 2.28. The third-order valence-electron chi connectivity index (χ3n) is 4.39. The second kappa shape index (κ2) is 6.63. The molecular weight excluding hydrogens is 260 g/mol. The van der Waals surface area contributed by atoms with Crippen LogP contribution >= 0.6 is 0 Å². The molecule has 0 saturated carbocycles. The zero-order valence-corrected chi connectivity index (χ0v) is 13.2. The highest BCUT2D eigenvalue weighted by molar-refractivity contribution is 5.82. The molecule has 1 saturated heterocycles. The minimum Gasteiger partial charge on any atom is -0.459 e. The molecular formula is C18H26N2O. The number of para-hydroxylation sites is 1. The standard InChI is InChI=1S/C18H26N2O/c1-3-9-19-11-16-15-6-4-5-7-17(15)21-18(16)13-20-10-8-14(2)12-20/h4-7,14,19H,3,8-13H2,1-2H3. The van der Waals surface area contributed by atoms with Gasteiger partial charge in [0.1, 0.15) is 11.3 Å². The van der Waals surface area contributed by atoms with E-state index >= 15 is 0 Å². The fourth-order valence-corrected chi connectivity index (χ4v) is 3.23. The molecule has 1 aromatic heterocycles. The first-order valence-corrected chi connectivity index (χ1v) is 8.20. The van der Waals surface area contributed by atoms with E-state index in [-0.39, 0.29) is 0 Å². The maximum Gasteiger partial charge on any atom is 0.134 e. The van der Waals surface area contributed by atoms with Gasteiger partial charge in [-0.05, 0) is 37.9 Å². The monoisotopic (exact) mass is 286 g/mol. The van der Waals surface area contributed by atoms with Gasteiger partial charge in [0.15, 0.2) is 0 Å². The second-order valence-corrected chi connectivity index (χ2v) is 6.31. The van der Waals surface area contributed by atoms with Crippen molar-refractivity contribution in [2.24, 2.45) is 5.92 Å². The Morgan fingerprint density at radius 1 is 1.33 bits per heavy atom. The molecule has 2 heterocycles. The Hall–Kier alpha value is -1.32. The quantitative estimate of drug-likeness (QED) is 0.819. The van der Waals surface area contributed by atoms with E-state index in [0.29, 0.717) is 0 Å². The smallest absolute Gasteiger partial charge is 0.134 e. The Bertz CT molecular complexity index is 590. The summed E-state index contributed by atoms with van der Waals surface area (Å²) in [5.74, 6) is 1.96. The fourth-order valence-electron chi connectivity index (χ4n) is 3.23. The topological polar surface area (TPSA) is 28.4 Å². The van der Waals surface area contributed by atoms with Gasteiger partial charge in [-0.3, -0.25) is 4.90 Å². The molecule has 2 aromatic rings. The van der Waals surface area contributed by atoms with Crippen LogP contribution in [0.25, 0.3) is 11.0 Å². The molecule has 0 aliphatic carbocycles. The predicted molar refractivity (Wildman–Crippen MR) is 87.3 cm³/mol. The molecule has 0 bridgehead atoms. The van der Waals surface area contributed by atoms with Crippen LogP contribution in [0.5, 0.6) is 0 Å². The van der Waals surface area contributed by atoms with Gasteiger partial charge in [-0.25, -0.2) is 0 Å². The van der Waals surface area contributed by atoms with Gasteiger partial charge in [0.25, 0.3) is 0 Å². The van der Waals surface area contributed by atoms with Crippen molar-refractivity contribution in [3.05, 3.63) is 35.6 Å². The van der Waals surface area contributed by atoms with Gasteiger partial charge in [-0.2, -0.15) is 0 Å². The largest absolute Gasteiger partial charge is 0.459 e. The molecule has 1 aromatic carbocycles. The van der Waals surface area contributed by atoms with Crippen molar-refractivity contribution in [3.63, 3.8) is 0 Å². The number of rotatable bonds is 6. The van der Waals surface area contributed by atoms with E-state index in [2.05, 4.69) is 48.3 Å². The van der Waals surface area contributed by atoms with Crippen LogP contribution in [0.1, 0.15) is 38.0 Å². The van der Waals surface area contributed by atoms with Crippen molar-refractivity contribution < 1.29 is 4.42 Å². The molecule has 1 aliphatic rings. The molecule has 1 N–H and O–H groups in total. The maximum absolute atomic E-state index is 6.15. The van der Waals surface area contributed by atoms with E-state index in [1.165, 1.54) is 30.5 Å². The molecule has 1 aliphatic heterocycles.